The van der Waals surface area contributed by atoms with Crippen LogP contribution in [0.1, 0.15) is 15.9 Å². The second-order valence-corrected chi connectivity index (χ2v) is 3.77. The third-order valence-electron chi connectivity index (χ3n) is 1.72. The van der Waals surface area contributed by atoms with Gasteiger partial charge in [-0.15, -0.1) is 0 Å². The van der Waals surface area contributed by atoms with E-state index in [1.54, 1.807) is 0 Å². The molecule has 0 unspecified atom stereocenters. The number of carbonyl (C=O) groups is 1. The van der Waals surface area contributed by atoms with Crippen molar-refractivity contribution < 1.29 is 23.1 Å². The molecule has 0 saturated heterocycles. The van der Waals surface area contributed by atoms with Crippen LogP contribution in [0.5, 0.6) is 5.75 Å². The number of phenols is 1. The van der Waals surface area contributed by atoms with Gasteiger partial charge in [0.15, 0.2) is 6.29 Å². The van der Waals surface area contributed by atoms with Crippen molar-refractivity contribution in [3.8, 4) is 5.75 Å². The van der Waals surface area contributed by atoms with E-state index in [2.05, 4.69) is 15.9 Å². The van der Waals surface area contributed by atoms with Gasteiger partial charge in [-0.25, -0.2) is 0 Å². The van der Waals surface area contributed by atoms with E-state index in [1.807, 2.05) is 0 Å². The van der Waals surface area contributed by atoms with E-state index in [-0.39, 0.29) is 15.6 Å². The Morgan fingerprint density at radius 2 is 2.00 bits per heavy atom. The zero-order chi connectivity index (χ0) is 11.6. The zero-order valence-electron chi connectivity index (χ0n) is 7.31. The summed E-state index contributed by atoms with van der Waals surface area (Å²) in [7, 11) is 0. The molecule has 0 heterocycles. The minimum Gasteiger partial charge on any atom is -0.508 e. The Hall–Kier alpha value is -1.04. The van der Waals surface area contributed by atoms with Crippen molar-refractivity contribution in [2.45, 2.75) is 12.6 Å². The lowest BCUT2D eigenvalue weighted by Crippen LogP contribution is -2.12. The summed E-state index contributed by atoms with van der Waals surface area (Å²) in [5, 5.41) is 9.23. The van der Waals surface area contributed by atoms with Crippen molar-refractivity contribution in [1.29, 1.82) is 0 Å². The summed E-state index contributed by atoms with van der Waals surface area (Å²) in [5.41, 5.74) is -0.236. The number of benzene rings is 1. The molecular formula is C9H6BrF3O2. The van der Waals surface area contributed by atoms with E-state index in [4.69, 9.17) is 0 Å². The highest BCUT2D eigenvalue weighted by molar-refractivity contribution is 9.10. The smallest absolute Gasteiger partial charge is 0.393 e. The predicted molar refractivity (Wildman–Crippen MR) is 51.0 cm³/mol. The second-order valence-electron chi connectivity index (χ2n) is 2.91. The molecule has 15 heavy (non-hydrogen) atoms. The van der Waals surface area contributed by atoms with E-state index in [0.717, 1.165) is 12.1 Å². The number of carbonyl (C=O) groups excluding carboxylic acids is 1. The molecule has 0 atom stereocenters. The molecule has 0 spiro atoms. The fourth-order valence-electron chi connectivity index (χ4n) is 1.07. The van der Waals surface area contributed by atoms with Gasteiger partial charge < -0.3 is 5.11 Å². The first-order valence-electron chi connectivity index (χ1n) is 3.87. The number of phenolic OH excluding ortho intramolecular Hbond substituents is 1. The Labute approximate surface area is 91.8 Å². The van der Waals surface area contributed by atoms with E-state index in [9.17, 15) is 23.1 Å². The Bertz CT molecular complexity index is 388. The molecule has 2 nitrogen and oxygen atoms in total. The number of halogens is 4. The normalized spacial score (nSPS) is 11.5. The van der Waals surface area contributed by atoms with Crippen LogP contribution >= 0.6 is 15.9 Å². The van der Waals surface area contributed by atoms with Crippen molar-refractivity contribution >= 4 is 22.2 Å². The molecule has 1 N–H and O–H groups in total. The summed E-state index contributed by atoms with van der Waals surface area (Å²) >= 11 is 2.95. The van der Waals surface area contributed by atoms with Crippen LogP contribution in [0.3, 0.4) is 0 Å². The van der Waals surface area contributed by atoms with Crippen LogP contribution in [0.15, 0.2) is 16.6 Å². The van der Waals surface area contributed by atoms with E-state index in [0.29, 0.717) is 6.29 Å². The molecule has 0 aromatic heterocycles. The topological polar surface area (TPSA) is 37.3 Å². The quantitative estimate of drug-likeness (QED) is 0.847. The maximum atomic E-state index is 12.0. The molecule has 0 amide bonds. The molecule has 0 aliphatic heterocycles. The highest BCUT2D eigenvalue weighted by Gasteiger charge is 2.29. The van der Waals surface area contributed by atoms with Crippen LogP contribution in [0.2, 0.25) is 0 Å². The van der Waals surface area contributed by atoms with Gasteiger partial charge in [0, 0.05) is 15.6 Å². The molecule has 1 aromatic carbocycles. The number of rotatable bonds is 2. The van der Waals surface area contributed by atoms with Gasteiger partial charge in [0.25, 0.3) is 0 Å². The molecule has 0 aliphatic carbocycles. The summed E-state index contributed by atoms with van der Waals surface area (Å²) in [6, 6.07) is 2.09. The summed E-state index contributed by atoms with van der Waals surface area (Å²) in [6.45, 7) is 0. The van der Waals surface area contributed by atoms with Gasteiger partial charge in [-0.05, 0) is 28.1 Å². The van der Waals surface area contributed by atoms with Gasteiger partial charge in [0.1, 0.15) is 5.75 Å². The summed E-state index contributed by atoms with van der Waals surface area (Å²) < 4.78 is 36.4. The molecule has 0 radical (unpaired) electrons. The van der Waals surface area contributed by atoms with Gasteiger partial charge in [0.05, 0.1) is 6.42 Å². The van der Waals surface area contributed by atoms with Crippen LogP contribution < -0.4 is 0 Å². The highest BCUT2D eigenvalue weighted by atomic mass is 79.9. The van der Waals surface area contributed by atoms with Crippen molar-refractivity contribution in [3.05, 3.63) is 27.7 Å². The van der Waals surface area contributed by atoms with E-state index in [1.165, 1.54) is 0 Å². The van der Waals surface area contributed by atoms with Gasteiger partial charge in [0.2, 0.25) is 0 Å². The molecular weight excluding hydrogens is 277 g/mol. The Kier molecular flexibility index (Phi) is 3.38. The third kappa shape index (κ3) is 3.23. The SMILES string of the molecule is O=Cc1cc(CC(F)(F)F)c(O)cc1Br. The highest BCUT2D eigenvalue weighted by Crippen LogP contribution is 2.30. The molecule has 0 fully saturated rings. The number of aromatic hydroxyl groups is 1. The standard InChI is InChI=1S/C9H6BrF3O2/c10-7-2-8(15)5(1-6(7)4-14)3-9(11,12)13/h1-2,4,15H,3H2. The Morgan fingerprint density at radius 3 is 2.47 bits per heavy atom. The minimum absolute atomic E-state index is 0.0760. The van der Waals surface area contributed by atoms with Gasteiger partial charge >= 0.3 is 6.18 Å². The predicted octanol–water partition coefficient (Wildman–Crippen LogP) is 3.07. The fraction of sp³-hybridized carbons (Fsp3) is 0.222. The second kappa shape index (κ2) is 4.22. The average molecular weight is 283 g/mol. The molecule has 1 rings (SSSR count). The van der Waals surface area contributed by atoms with Crippen molar-refractivity contribution in [1.82, 2.24) is 0 Å². The van der Waals surface area contributed by atoms with Gasteiger partial charge in [-0.3, -0.25) is 4.79 Å². The monoisotopic (exact) mass is 282 g/mol. The fourth-order valence-corrected chi connectivity index (χ4v) is 1.50. The maximum Gasteiger partial charge on any atom is 0.393 e. The average Bonchev–Trinajstić information content (AvgIpc) is 2.07. The first kappa shape index (κ1) is 12.0. The largest absolute Gasteiger partial charge is 0.508 e. The number of hydrogen-bond acceptors (Lipinski definition) is 2. The van der Waals surface area contributed by atoms with Crippen LogP contribution in [0.4, 0.5) is 13.2 Å². The van der Waals surface area contributed by atoms with Crippen molar-refractivity contribution in [2.24, 2.45) is 0 Å². The molecule has 1 aromatic rings. The van der Waals surface area contributed by atoms with E-state index >= 15 is 0 Å². The number of aldehydes is 1. The number of alkyl halides is 3. The third-order valence-corrected chi connectivity index (χ3v) is 2.40. The van der Waals surface area contributed by atoms with Crippen LogP contribution in [-0.4, -0.2) is 17.6 Å². The van der Waals surface area contributed by atoms with Gasteiger partial charge in [-0.2, -0.15) is 13.2 Å². The summed E-state index contributed by atoms with van der Waals surface area (Å²) in [4.78, 5) is 10.5. The Balaban J connectivity index is 3.13. The van der Waals surface area contributed by atoms with Crippen LogP contribution in [-0.2, 0) is 6.42 Å². The lowest BCUT2D eigenvalue weighted by Gasteiger charge is -2.09. The van der Waals surface area contributed by atoms with Crippen LogP contribution in [0.25, 0.3) is 0 Å². The minimum atomic E-state index is -4.41. The maximum absolute atomic E-state index is 12.0. The first-order chi connectivity index (χ1) is 6.83. The molecule has 0 aliphatic rings. The molecule has 0 saturated carbocycles. The zero-order valence-corrected chi connectivity index (χ0v) is 8.89. The lowest BCUT2D eigenvalue weighted by atomic mass is 10.1. The first-order valence-corrected chi connectivity index (χ1v) is 4.66. The number of hydrogen-bond donors (Lipinski definition) is 1. The summed E-state index contributed by atoms with van der Waals surface area (Å²) in [5.74, 6) is -0.482. The van der Waals surface area contributed by atoms with E-state index < -0.39 is 18.3 Å². The van der Waals surface area contributed by atoms with Crippen LogP contribution in [0, 0.1) is 0 Å². The molecule has 6 heteroatoms. The van der Waals surface area contributed by atoms with Gasteiger partial charge in [-0.1, -0.05) is 0 Å². The lowest BCUT2D eigenvalue weighted by molar-refractivity contribution is -0.127. The van der Waals surface area contributed by atoms with Crippen molar-refractivity contribution in [3.63, 3.8) is 0 Å². The van der Waals surface area contributed by atoms with Crippen molar-refractivity contribution in [2.75, 3.05) is 0 Å². The summed E-state index contributed by atoms with van der Waals surface area (Å²) in [6.07, 6.45) is -5.25. The molecule has 0 bridgehead atoms. The molecule has 82 valence electrons. The Morgan fingerprint density at radius 1 is 1.40 bits per heavy atom.